The summed E-state index contributed by atoms with van der Waals surface area (Å²) < 4.78 is 32.4. The standard InChI is InChI=1S/C24H33NO7S4/c1-22(2,24(5,15-25)12-10-19(26)27)14-18(16-6-8-17(9-7-16)36(30,31)32)23(3,4)35-21(33)34-13-11-20(28)29/h6-9,18H,10-14H2,1-5H3,(H,26,27)(H,28,29)(H,30,31,32). The maximum Gasteiger partial charge on any atom is 0.304 e. The van der Waals surface area contributed by atoms with E-state index in [9.17, 15) is 32.9 Å². The van der Waals surface area contributed by atoms with E-state index in [1.165, 1.54) is 35.7 Å². The van der Waals surface area contributed by atoms with Gasteiger partial charge < -0.3 is 10.2 Å². The van der Waals surface area contributed by atoms with Crippen LogP contribution in [-0.4, -0.2) is 49.2 Å². The van der Waals surface area contributed by atoms with Crippen LogP contribution in [0.1, 0.15) is 71.8 Å². The summed E-state index contributed by atoms with van der Waals surface area (Å²) in [6, 6.07) is 8.20. The highest BCUT2D eigenvalue weighted by molar-refractivity contribution is 8.47. The number of hydrogen-bond donors (Lipinski definition) is 3. The lowest BCUT2D eigenvalue weighted by molar-refractivity contribution is -0.138. The van der Waals surface area contributed by atoms with Gasteiger partial charge in [0.25, 0.3) is 10.1 Å². The van der Waals surface area contributed by atoms with Crippen molar-refractivity contribution in [2.45, 2.75) is 75.9 Å². The molecule has 1 aromatic carbocycles. The zero-order valence-corrected chi connectivity index (χ0v) is 24.2. The summed E-state index contributed by atoms with van der Waals surface area (Å²) in [4.78, 5) is 21.8. The number of benzene rings is 1. The molecule has 1 rings (SSSR count). The van der Waals surface area contributed by atoms with Crippen LogP contribution in [0.5, 0.6) is 0 Å². The quantitative estimate of drug-likeness (QED) is 0.192. The van der Waals surface area contributed by atoms with Gasteiger partial charge in [-0.25, -0.2) is 0 Å². The first-order valence-electron chi connectivity index (χ1n) is 11.1. The van der Waals surface area contributed by atoms with Gasteiger partial charge in [-0.2, -0.15) is 13.7 Å². The first-order valence-corrected chi connectivity index (χ1v) is 14.8. The van der Waals surface area contributed by atoms with Crippen LogP contribution in [-0.2, 0) is 19.7 Å². The maximum atomic E-state index is 11.5. The first-order chi connectivity index (χ1) is 16.3. The predicted molar refractivity (Wildman–Crippen MR) is 147 cm³/mol. The topological polar surface area (TPSA) is 153 Å². The highest BCUT2D eigenvalue weighted by Crippen LogP contribution is 2.53. The van der Waals surface area contributed by atoms with Crippen LogP contribution in [0, 0.1) is 22.2 Å². The lowest BCUT2D eigenvalue weighted by Crippen LogP contribution is -2.39. The lowest BCUT2D eigenvalue weighted by atomic mass is 9.60. The maximum absolute atomic E-state index is 11.5. The van der Waals surface area contributed by atoms with Crippen molar-refractivity contribution in [3.63, 3.8) is 0 Å². The molecule has 0 saturated carbocycles. The smallest absolute Gasteiger partial charge is 0.304 e. The molecule has 12 heteroatoms. The van der Waals surface area contributed by atoms with Crippen LogP contribution in [0.3, 0.4) is 0 Å². The summed E-state index contributed by atoms with van der Waals surface area (Å²) in [7, 11) is -4.37. The van der Waals surface area contributed by atoms with E-state index in [0.717, 1.165) is 5.56 Å². The molecule has 1 aromatic rings. The second kappa shape index (κ2) is 12.7. The predicted octanol–water partition coefficient (Wildman–Crippen LogP) is 5.83. The number of nitriles is 1. The van der Waals surface area contributed by atoms with E-state index in [4.69, 9.17) is 17.3 Å². The monoisotopic (exact) mass is 575 g/mol. The summed E-state index contributed by atoms with van der Waals surface area (Å²) in [6.07, 6.45) is 0.439. The van der Waals surface area contributed by atoms with Crippen LogP contribution in [0.2, 0.25) is 0 Å². The van der Waals surface area contributed by atoms with E-state index in [1.807, 2.05) is 27.7 Å². The van der Waals surface area contributed by atoms with E-state index in [0.29, 0.717) is 15.7 Å². The number of rotatable bonds is 13. The van der Waals surface area contributed by atoms with Crippen molar-refractivity contribution in [1.82, 2.24) is 0 Å². The Morgan fingerprint density at radius 1 is 1.06 bits per heavy atom. The zero-order valence-electron chi connectivity index (χ0n) is 21.0. The van der Waals surface area contributed by atoms with E-state index >= 15 is 0 Å². The normalized spacial score (nSPS) is 14.9. The van der Waals surface area contributed by atoms with Gasteiger partial charge >= 0.3 is 11.9 Å². The van der Waals surface area contributed by atoms with Gasteiger partial charge in [-0.05, 0) is 62.6 Å². The summed E-state index contributed by atoms with van der Waals surface area (Å²) in [6.45, 7) is 9.53. The molecule has 0 aliphatic heterocycles. The molecule has 0 aliphatic carbocycles. The molecular weight excluding hydrogens is 543 g/mol. The Labute approximate surface area is 227 Å². The van der Waals surface area contributed by atoms with Crippen molar-refractivity contribution in [2.75, 3.05) is 5.75 Å². The number of thioether (sulfide) groups is 2. The molecule has 0 radical (unpaired) electrons. The third-order valence-electron chi connectivity index (χ3n) is 6.60. The molecular formula is C24H33NO7S4. The van der Waals surface area contributed by atoms with Gasteiger partial charge in [0.15, 0.2) is 0 Å². The zero-order chi connectivity index (χ0) is 27.9. The van der Waals surface area contributed by atoms with Gasteiger partial charge in [-0.3, -0.25) is 14.1 Å². The number of hydrogen-bond acceptors (Lipinski definition) is 8. The van der Waals surface area contributed by atoms with Gasteiger partial charge in [0, 0.05) is 16.9 Å². The van der Waals surface area contributed by atoms with Crippen molar-refractivity contribution >= 4 is 61.3 Å². The van der Waals surface area contributed by atoms with E-state index < -0.39 is 37.6 Å². The minimum absolute atomic E-state index is 0.0244. The van der Waals surface area contributed by atoms with Crippen molar-refractivity contribution in [1.29, 1.82) is 5.26 Å². The van der Waals surface area contributed by atoms with Gasteiger partial charge in [0.1, 0.15) is 3.53 Å². The van der Waals surface area contributed by atoms with E-state index in [1.54, 1.807) is 19.1 Å². The highest BCUT2D eigenvalue weighted by Gasteiger charge is 2.46. The van der Waals surface area contributed by atoms with Gasteiger partial charge in [-0.1, -0.05) is 38.2 Å². The molecule has 0 aliphatic rings. The van der Waals surface area contributed by atoms with Crippen LogP contribution in [0.15, 0.2) is 29.2 Å². The molecule has 0 saturated heterocycles. The van der Waals surface area contributed by atoms with Gasteiger partial charge in [0.05, 0.1) is 22.8 Å². The largest absolute Gasteiger partial charge is 0.481 e. The second-order valence-corrected chi connectivity index (χ2v) is 15.3. The molecule has 2 atom stereocenters. The van der Waals surface area contributed by atoms with Gasteiger partial charge in [-0.15, -0.1) is 23.5 Å². The third-order valence-corrected chi connectivity index (χ3v) is 10.3. The molecule has 0 heterocycles. The minimum atomic E-state index is -4.37. The number of carboxylic acid groups (broad SMARTS) is 2. The van der Waals surface area contributed by atoms with Crippen LogP contribution >= 0.6 is 35.7 Å². The summed E-state index contributed by atoms with van der Waals surface area (Å²) >= 11 is 8.18. The van der Waals surface area contributed by atoms with Crippen LogP contribution in [0.4, 0.5) is 0 Å². The number of thiocarbonyl (C=S) groups is 1. The van der Waals surface area contributed by atoms with Crippen LogP contribution in [0.25, 0.3) is 0 Å². The minimum Gasteiger partial charge on any atom is -0.481 e. The van der Waals surface area contributed by atoms with Crippen LogP contribution < -0.4 is 0 Å². The summed E-state index contributed by atoms with van der Waals surface area (Å²) in [5.74, 6) is -1.82. The molecule has 200 valence electrons. The molecule has 3 N–H and O–H groups in total. The Bertz CT molecular complexity index is 1110. The fourth-order valence-corrected chi connectivity index (χ4v) is 7.55. The average molecular weight is 576 g/mol. The second-order valence-electron chi connectivity index (χ2n) is 9.97. The molecule has 0 amide bonds. The molecule has 8 nitrogen and oxygen atoms in total. The Morgan fingerprint density at radius 3 is 2.03 bits per heavy atom. The van der Waals surface area contributed by atoms with Crippen molar-refractivity contribution in [3.8, 4) is 6.07 Å². The van der Waals surface area contributed by atoms with E-state index in [2.05, 4.69) is 6.07 Å². The van der Waals surface area contributed by atoms with Gasteiger partial charge in [0.2, 0.25) is 0 Å². The van der Waals surface area contributed by atoms with Crippen molar-refractivity contribution in [2.24, 2.45) is 10.8 Å². The van der Waals surface area contributed by atoms with Crippen molar-refractivity contribution < 1.29 is 32.8 Å². The van der Waals surface area contributed by atoms with Crippen molar-refractivity contribution in [3.05, 3.63) is 29.8 Å². The Kier molecular flexibility index (Phi) is 11.5. The Morgan fingerprint density at radius 2 is 1.58 bits per heavy atom. The molecule has 0 aromatic heterocycles. The SMILES string of the molecule is CC(C)(SC(=S)SCCC(=O)O)C(CC(C)(C)C(C)(C#N)CCC(=O)O)c1ccc(S(=O)(=O)O)cc1. The fraction of sp³-hybridized carbons (Fsp3) is 0.583. The fourth-order valence-electron chi connectivity index (χ4n) is 3.81. The molecule has 2 unspecified atom stereocenters. The Balaban J connectivity index is 3.41. The number of carbonyl (C=O) groups is 2. The average Bonchev–Trinajstić information content (AvgIpc) is 2.74. The molecule has 0 fully saturated rings. The lowest BCUT2D eigenvalue weighted by Gasteiger charge is -2.45. The number of carboxylic acids is 2. The summed E-state index contributed by atoms with van der Waals surface area (Å²) in [5.41, 5.74) is -0.848. The highest BCUT2D eigenvalue weighted by atomic mass is 32.2. The number of aliphatic carboxylic acids is 2. The molecule has 0 spiro atoms. The molecule has 0 bridgehead atoms. The summed E-state index contributed by atoms with van der Waals surface area (Å²) in [5, 5.41) is 28.1. The molecule has 36 heavy (non-hydrogen) atoms. The first kappa shape index (κ1) is 32.4. The number of nitrogens with zero attached hydrogens (tertiary/aromatic N) is 1. The third kappa shape index (κ3) is 9.34. The van der Waals surface area contributed by atoms with E-state index in [-0.39, 0.29) is 30.1 Å². The Hall–Kier alpha value is -1.65.